The summed E-state index contributed by atoms with van der Waals surface area (Å²) in [4.78, 5) is 31.5. The molecule has 9 heteroatoms. The molecular formula is C11H9F3N2O4. The van der Waals surface area contributed by atoms with E-state index in [2.05, 4.69) is 5.32 Å². The van der Waals surface area contributed by atoms with E-state index in [1.807, 2.05) is 0 Å². The summed E-state index contributed by atoms with van der Waals surface area (Å²) in [6.07, 6.45) is -5.19. The highest BCUT2D eigenvalue weighted by Gasteiger charge is 2.30. The third kappa shape index (κ3) is 5.04. The third-order valence-electron chi connectivity index (χ3n) is 2.16. The van der Waals surface area contributed by atoms with Gasteiger partial charge in [-0.05, 0) is 24.3 Å². The minimum Gasteiger partial charge on any atom is -0.326 e. The molecule has 0 saturated carbocycles. The van der Waals surface area contributed by atoms with E-state index in [0.29, 0.717) is 0 Å². The predicted molar refractivity (Wildman–Crippen MR) is 61.6 cm³/mol. The summed E-state index contributed by atoms with van der Waals surface area (Å²) in [7, 11) is 0. The van der Waals surface area contributed by atoms with E-state index >= 15 is 0 Å². The molecule has 0 unspecified atom stereocenters. The van der Waals surface area contributed by atoms with Gasteiger partial charge >= 0.3 is 6.18 Å². The summed E-state index contributed by atoms with van der Waals surface area (Å²) >= 11 is 0. The van der Waals surface area contributed by atoms with E-state index in [4.69, 9.17) is 0 Å². The molecule has 0 spiro atoms. The van der Waals surface area contributed by atoms with E-state index in [1.165, 1.54) is 0 Å². The van der Waals surface area contributed by atoms with Gasteiger partial charge in [-0.15, -0.1) is 0 Å². The van der Waals surface area contributed by atoms with Crippen molar-refractivity contribution in [2.24, 2.45) is 0 Å². The van der Waals surface area contributed by atoms with E-state index < -0.39 is 41.3 Å². The Labute approximate surface area is 110 Å². The average Bonchev–Trinajstić information content (AvgIpc) is 2.26. The molecule has 20 heavy (non-hydrogen) atoms. The fourth-order valence-electron chi connectivity index (χ4n) is 1.33. The zero-order valence-electron chi connectivity index (χ0n) is 9.94. The van der Waals surface area contributed by atoms with Crippen molar-refractivity contribution < 1.29 is 27.7 Å². The van der Waals surface area contributed by atoms with Crippen LogP contribution in [0.5, 0.6) is 0 Å². The second-order valence-electron chi connectivity index (χ2n) is 3.83. The number of carbonyl (C=O) groups is 2. The first-order valence-electron chi connectivity index (χ1n) is 5.29. The summed E-state index contributed by atoms with van der Waals surface area (Å²) in [5.41, 5.74) is -0.808. The van der Waals surface area contributed by atoms with Gasteiger partial charge in [-0.3, -0.25) is 19.7 Å². The van der Waals surface area contributed by atoms with Crippen LogP contribution in [-0.4, -0.2) is 23.2 Å². The van der Waals surface area contributed by atoms with Crippen LogP contribution in [0.25, 0.3) is 0 Å². The molecule has 0 aromatic heterocycles. The lowest BCUT2D eigenvalue weighted by molar-refractivity contribution is -0.467. The van der Waals surface area contributed by atoms with Crippen LogP contribution in [0.15, 0.2) is 24.3 Å². The Morgan fingerprint density at radius 1 is 1.20 bits per heavy atom. The van der Waals surface area contributed by atoms with Gasteiger partial charge in [0.15, 0.2) is 0 Å². The van der Waals surface area contributed by atoms with Crippen LogP contribution in [0.1, 0.15) is 12.0 Å². The maximum Gasteiger partial charge on any atom is 0.416 e. The minimum absolute atomic E-state index is 0.0666. The Morgan fingerprint density at radius 2 is 1.75 bits per heavy atom. The number of alkyl halides is 3. The molecule has 0 atom stereocenters. The Kier molecular flexibility index (Phi) is 4.78. The number of Topliss-reactive ketones (excluding diaryl/α,β-unsaturated/α-hetero) is 1. The number of ketones is 1. The maximum absolute atomic E-state index is 12.3. The molecule has 0 radical (unpaired) electrons. The zero-order chi connectivity index (χ0) is 15.3. The summed E-state index contributed by atoms with van der Waals surface area (Å²) in [5, 5.41) is 12.2. The summed E-state index contributed by atoms with van der Waals surface area (Å²) in [5.74, 6) is -1.71. The quantitative estimate of drug-likeness (QED) is 0.509. The van der Waals surface area contributed by atoms with E-state index in [-0.39, 0.29) is 5.69 Å². The summed E-state index contributed by atoms with van der Waals surface area (Å²) in [6, 6.07) is 3.60. The molecule has 6 nitrogen and oxygen atoms in total. The smallest absolute Gasteiger partial charge is 0.326 e. The molecule has 1 rings (SSSR count). The van der Waals surface area contributed by atoms with Crippen LogP contribution in [0.2, 0.25) is 0 Å². The van der Waals surface area contributed by atoms with Gasteiger partial charge in [-0.2, -0.15) is 13.2 Å². The lowest BCUT2D eigenvalue weighted by Gasteiger charge is -2.08. The second-order valence-corrected chi connectivity index (χ2v) is 3.83. The van der Waals surface area contributed by atoms with Crippen LogP contribution in [-0.2, 0) is 15.8 Å². The van der Waals surface area contributed by atoms with Gasteiger partial charge in [0.05, 0.1) is 12.0 Å². The molecule has 108 valence electrons. The van der Waals surface area contributed by atoms with Crippen molar-refractivity contribution in [3.05, 3.63) is 39.9 Å². The van der Waals surface area contributed by atoms with Gasteiger partial charge in [-0.1, -0.05) is 0 Å². The lowest BCUT2D eigenvalue weighted by Crippen LogP contribution is -2.21. The SMILES string of the molecule is O=C(CC(=O)Nc1ccc(C(F)(F)F)cc1)C[N+](=O)[O-]. The van der Waals surface area contributed by atoms with Gasteiger partial charge in [0.25, 0.3) is 6.54 Å². The number of amides is 1. The van der Waals surface area contributed by atoms with E-state index in [9.17, 15) is 32.9 Å². The van der Waals surface area contributed by atoms with Crippen molar-refractivity contribution in [1.29, 1.82) is 0 Å². The molecular weight excluding hydrogens is 281 g/mol. The number of hydrogen-bond acceptors (Lipinski definition) is 4. The van der Waals surface area contributed by atoms with E-state index in [1.54, 1.807) is 0 Å². The van der Waals surface area contributed by atoms with Gasteiger partial charge in [0.2, 0.25) is 11.7 Å². The second kappa shape index (κ2) is 6.13. The number of benzene rings is 1. The Balaban J connectivity index is 2.59. The lowest BCUT2D eigenvalue weighted by atomic mass is 10.2. The summed E-state index contributed by atoms with van der Waals surface area (Å²) in [6.45, 7) is -0.972. The zero-order valence-corrected chi connectivity index (χ0v) is 9.94. The van der Waals surface area contributed by atoms with Crippen molar-refractivity contribution in [2.75, 3.05) is 11.9 Å². The number of nitro groups is 1. The van der Waals surface area contributed by atoms with Gasteiger partial charge in [-0.25, -0.2) is 0 Å². The first-order valence-corrected chi connectivity index (χ1v) is 5.29. The van der Waals surface area contributed by atoms with Crippen LogP contribution < -0.4 is 5.32 Å². The largest absolute Gasteiger partial charge is 0.416 e. The maximum atomic E-state index is 12.3. The van der Waals surface area contributed by atoms with Crippen LogP contribution in [0.3, 0.4) is 0 Å². The van der Waals surface area contributed by atoms with Crippen LogP contribution in [0, 0.1) is 10.1 Å². The van der Waals surface area contributed by atoms with Crippen molar-refractivity contribution >= 4 is 17.4 Å². The normalized spacial score (nSPS) is 10.9. The molecule has 0 saturated heterocycles. The number of nitrogens with zero attached hydrogens (tertiary/aromatic N) is 1. The van der Waals surface area contributed by atoms with Gasteiger partial charge in [0, 0.05) is 10.6 Å². The van der Waals surface area contributed by atoms with Gasteiger partial charge < -0.3 is 5.32 Å². The van der Waals surface area contributed by atoms with Crippen molar-refractivity contribution in [3.63, 3.8) is 0 Å². The molecule has 0 aliphatic carbocycles. The van der Waals surface area contributed by atoms with Crippen LogP contribution in [0.4, 0.5) is 18.9 Å². The molecule has 0 aliphatic rings. The standard InChI is InChI=1S/C11H9F3N2O4/c12-11(13,14)7-1-3-8(4-2-7)15-10(18)5-9(17)6-16(19)20/h1-4H,5-6H2,(H,15,18). The molecule has 1 aromatic rings. The minimum atomic E-state index is -4.48. The third-order valence-corrected chi connectivity index (χ3v) is 2.16. The average molecular weight is 290 g/mol. The molecule has 1 amide bonds. The number of halogens is 3. The molecule has 0 aliphatic heterocycles. The fourth-order valence-corrected chi connectivity index (χ4v) is 1.33. The molecule has 0 bridgehead atoms. The topological polar surface area (TPSA) is 89.3 Å². The highest BCUT2D eigenvalue weighted by Crippen LogP contribution is 2.29. The number of carbonyl (C=O) groups excluding carboxylic acids is 2. The first-order chi connectivity index (χ1) is 9.18. The van der Waals surface area contributed by atoms with E-state index in [0.717, 1.165) is 24.3 Å². The van der Waals surface area contributed by atoms with Crippen molar-refractivity contribution in [2.45, 2.75) is 12.6 Å². The molecule has 1 N–H and O–H groups in total. The Morgan fingerprint density at radius 3 is 2.20 bits per heavy atom. The molecule has 0 fully saturated rings. The highest BCUT2D eigenvalue weighted by atomic mass is 19.4. The van der Waals surface area contributed by atoms with Gasteiger partial charge in [0.1, 0.15) is 0 Å². The number of rotatable bonds is 5. The number of nitrogens with one attached hydrogen (secondary N) is 1. The first kappa shape index (κ1) is 15.6. The Bertz CT molecular complexity index is 525. The number of anilines is 1. The number of hydrogen-bond donors (Lipinski definition) is 1. The monoisotopic (exact) mass is 290 g/mol. The Hall–Kier alpha value is -2.45. The fraction of sp³-hybridized carbons (Fsp3) is 0.273. The van der Waals surface area contributed by atoms with Crippen molar-refractivity contribution in [3.8, 4) is 0 Å². The summed E-state index contributed by atoms with van der Waals surface area (Å²) < 4.78 is 36.8. The molecule has 1 aromatic carbocycles. The predicted octanol–water partition coefficient (Wildman–Crippen LogP) is 1.88. The van der Waals surface area contributed by atoms with Crippen LogP contribution >= 0.6 is 0 Å². The molecule has 0 heterocycles. The highest BCUT2D eigenvalue weighted by molar-refractivity contribution is 6.04. The van der Waals surface area contributed by atoms with Crippen molar-refractivity contribution in [1.82, 2.24) is 0 Å².